The SMILES string of the molecule is Cc1ccc(-c2cnc3n2CC2(CCN(Cc4ccccc4F)C2)OC3)cc1. The van der Waals surface area contributed by atoms with E-state index in [9.17, 15) is 4.39 Å². The van der Waals surface area contributed by atoms with Gasteiger partial charge in [0.15, 0.2) is 0 Å². The van der Waals surface area contributed by atoms with Gasteiger partial charge in [-0.2, -0.15) is 0 Å². The third-order valence-electron chi connectivity index (χ3n) is 5.99. The van der Waals surface area contributed by atoms with Gasteiger partial charge in [-0.3, -0.25) is 4.90 Å². The molecule has 1 aromatic heterocycles. The molecular weight excluding hydrogens is 353 g/mol. The Kier molecular flexibility index (Phi) is 4.29. The maximum atomic E-state index is 14.0. The van der Waals surface area contributed by atoms with Gasteiger partial charge in [-0.05, 0) is 25.0 Å². The van der Waals surface area contributed by atoms with Crippen LogP contribution in [0.5, 0.6) is 0 Å². The molecule has 5 rings (SSSR count). The minimum absolute atomic E-state index is 0.133. The van der Waals surface area contributed by atoms with Crippen LogP contribution < -0.4 is 0 Å². The highest BCUT2D eigenvalue weighted by Crippen LogP contribution is 2.35. The molecule has 1 fully saturated rings. The van der Waals surface area contributed by atoms with E-state index in [0.717, 1.165) is 43.1 Å². The summed E-state index contributed by atoms with van der Waals surface area (Å²) < 4.78 is 22.6. The summed E-state index contributed by atoms with van der Waals surface area (Å²) in [4.78, 5) is 6.88. The van der Waals surface area contributed by atoms with Crippen LogP contribution in [0.25, 0.3) is 11.3 Å². The molecule has 1 spiro atoms. The van der Waals surface area contributed by atoms with Crippen molar-refractivity contribution in [1.82, 2.24) is 14.5 Å². The summed E-state index contributed by atoms with van der Waals surface area (Å²) >= 11 is 0. The smallest absolute Gasteiger partial charge is 0.135 e. The predicted octanol–water partition coefficient (Wildman–Crippen LogP) is 4.17. The van der Waals surface area contributed by atoms with E-state index in [1.54, 1.807) is 6.07 Å². The van der Waals surface area contributed by atoms with E-state index < -0.39 is 0 Å². The Balaban J connectivity index is 1.36. The average molecular weight is 377 g/mol. The summed E-state index contributed by atoms with van der Waals surface area (Å²) in [6, 6.07) is 15.6. The number of hydrogen-bond donors (Lipinski definition) is 0. The first kappa shape index (κ1) is 17.6. The molecule has 2 aliphatic rings. The topological polar surface area (TPSA) is 30.3 Å². The highest BCUT2D eigenvalue weighted by molar-refractivity contribution is 5.60. The van der Waals surface area contributed by atoms with E-state index >= 15 is 0 Å². The number of fused-ring (bicyclic) bond motifs is 1. The molecule has 0 radical (unpaired) electrons. The van der Waals surface area contributed by atoms with Crippen molar-refractivity contribution < 1.29 is 9.13 Å². The van der Waals surface area contributed by atoms with Gasteiger partial charge in [0.25, 0.3) is 0 Å². The Bertz CT molecular complexity index is 997. The Morgan fingerprint density at radius 2 is 1.93 bits per heavy atom. The number of aromatic nitrogens is 2. The molecule has 0 N–H and O–H groups in total. The molecule has 1 unspecified atom stereocenters. The van der Waals surface area contributed by atoms with Crippen LogP contribution in [-0.2, 0) is 24.4 Å². The first-order valence-corrected chi connectivity index (χ1v) is 9.83. The molecule has 4 nitrogen and oxygen atoms in total. The van der Waals surface area contributed by atoms with E-state index in [1.807, 2.05) is 18.3 Å². The lowest BCUT2D eigenvalue weighted by molar-refractivity contribution is -0.0821. The number of ether oxygens (including phenoxy) is 1. The second-order valence-electron chi connectivity index (χ2n) is 8.04. The predicted molar refractivity (Wildman–Crippen MR) is 106 cm³/mol. The van der Waals surface area contributed by atoms with E-state index in [1.165, 1.54) is 17.2 Å². The van der Waals surface area contributed by atoms with Crippen molar-refractivity contribution >= 4 is 0 Å². The largest absolute Gasteiger partial charge is 0.364 e. The molecule has 2 aliphatic heterocycles. The van der Waals surface area contributed by atoms with Crippen molar-refractivity contribution in [3.63, 3.8) is 0 Å². The first-order valence-electron chi connectivity index (χ1n) is 9.83. The minimum Gasteiger partial charge on any atom is -0.364 e. The molecule has 0 aliphatic carbocycles. The van der Waals surface area contributed by atoms with E-state index in [2.05, 4.69) is 45.6 Å². The van der Waals surface area contributed by atoms with Crippen LogP contribution in [0.2, 0.25) is 0 Å². The van der Waals surface area contributed by atoms with E-state index in [4.69, 9.17) is 4.74 Å². The summed E-state index contributed by atoms with van der Waals surface area (Å²) in [5.74, 6) is 0.848. The number of benzene rings is 2. The zero-order chi connectivity index (χ0) is 19.1. The van der Waals surface area contributed by atoms with Crippen LogP contribution in [-0.4, -0.2) is 33.1 Å². The number of likely N-dealkylation sites (tertiary alicyclic amines) is 1. The molecule has 0 saturated carbocycles. The normalized spacial score (nSPS) is 21.9. The molecule has 3 heterocycles. The third-order valence-corrected chi connectivity index (χ3v) is 5.99. The molecule has 2 aromatic carbocycles. The lowest BCUT2D eigenvalue weighted by Crippen LogP contribution is -2.44. The molecule has 5 heteroatoms. The van der Waals surface area contributed by atoms with E-state index in [0.29, 0.717) is 13.2 Å². The number of hydrogen-bond acceptors (Lipinski definition) is 3. The van der Waals surface area contributed by atoms with Gasteiger partial charge in [-0.1, -0.05) is 48.0 Å². The van der Waals surface area contributed by atoms with Crippen molar-refractivity contribution in [2.24, 2.45) is 0 Å². The third kappa shape index (κ3) is 3.15. The van der Waals surface area contributed by atoms with Crippen molar-refractivity contribution in [3.05, 3.63) is 77.5 Å². The van der Waals surface area contributed by atoms with Gasteiger partial charge in [-0.15, -0.1) is 0 Å². The average Bonchev–Trinajstić information content (AvgIpc) is 3.29. The second-order valence-corrected chi connectivity index (χ2v) is 8.04. The van der Waals surface area contributed by atoms with Gasteiger partial charge in [-0.25, -0.2) is 9.37 Å². The summed E-state index contributed by atoms with van der Waals surface area (Å²) in [6.07, 6.45) is 2.90. The van der Waals surface area contributed by atoms with Gasteiger partial charge in [0.1, 0.15) is 23.8 Å². The summed E-state index contributed by atoms with van der Waals surface area (Å²) in [6.45, 7) is 5.77. The Hall–Kier alpha value is -2.50. The molecule has 0 amide bonds. The van der Waals surface area contributed by atoms with Crippen molar-refractivity contribution in [2.45, 2.75) is 38.6 Å². The number of imidazole rings is 1. The first-order chi connectivity index (χ1) is 13.6. The quantitative estimate of drug-likeness (QED) is 0.686. The Morgan fingerprint density at radius 3 is 2.75 bits per heavy atom. The zero-order valence-electron chi connectivity index (χ0n) is 16.1. The van der Waals surface area contributed by atoms with E-state index in [-0.39, 0.29) is 11.4 Å². The Labute approximate surface area is 164 Å². The summed E-state index contributed by atoms with van der Waals surface area (Å²) in [7, 11) is 0. The lowest BCUT2D eigenvalue weighted by atomic mass is 10.0. The molecule has 1 saturated heterocycles. The molecule has 0 bridgehead atoms. The van der Waals surface area contributed by atoms with Crippen molar-refractivity contribution in [3.8, 4) is 11.3 Å². The van der Waals surface area contributed by atoms with Crippen LogP contribution >= 0.6 is 0 Å². The maximum Gasteiger partial charge on any atom is 0.135 e. The van der Waals surface area contributed by atoms with Crippen LogP contribution in [0.4, 0.5) is 4.39 Å². The molecule has 3 aromatic rings. The highest BCUT2D eigenvalue weighted by Gasteiger charge is 2.43. The highest BCUT2D eigenvalue weighted by atomic mass is 19.1. The van der Waals surface area contributed by atoms with Gasteiger partial charge >= 0.3 is 0 Å². The van der Waals surface area contributed by atoms with Crippen molar-refractivity contribution in [2.75, 3.05) is 13.1 Å². The van der Waals surface area contributed by atoms with Gasteiger partial charge in [0.05, 0.1) is 18.4 Å². The zero-order valence-corrected chi connectivity index (χ0v) is 16.1. The number of halogens is 1. The van der Waals surface area contributed by atoms with Crippen LogP contribution in [0.3, 0.4) is 0 Å². The monoisotopic (exact) mass is 377 g/mol. The molecule has 144 valence electrons. The van der Waals surface area contributed by atoms with Gasteiger partial charge < -0.3 is 9.30 Å². The standard InChI is InChI=1S/C23H24FN3O/c1-17-6-8-18(9-7-17)21-12-25-22-14-28-23(16-27(21)22)10-11-26(15-23)13-19-4-2-3-5-20(19)24/h2-9,12H,10-11,13-16H2,1H3. The number of rotatable bonds is 3. The minimum atomic E-state index is -0.224. The van der Waals surface area contributed by atoms with Crippen LogP contribution in [0.1, 0.15) is 23.4 Å². The summed E-state index contributed by atoms with van der Waals surface area (Å²) in [5, 5.41) is 0. The molecule has 1 atom stereocenters. The Morgan fingerprint density at radius 1 is 1.11 bits per heavy atom. The van der Waals surface area contributed by atoms with Crippen LogP contribution in [0.15, 0.2) is 54.7 Å². The number of nitrogens with zero attached hydrogens (tertiary/aromatic N) is 3. The fourth-order valence-corrected chi connectivity index (χ4v) is 4.39. The van der Waals surface area contributed by atoms with Crippen molar-refractivity contribution in [1.29, 1.82) is 0 Å². The summed E-state index contributed by atoms with van der Waals surface area (Å²) in [5.41, 5.74) is 4.10. The van der Waals surface area contributed by atoms with Gasteiger partial charge in [0, 0.05) is 25.2 Å². The maximum absolute atomic E-state index is 14.0. The molecular formula is C23H24FN3O. The molecule has 28 heavy (non-hydrogen) atoms. The second kappa shape index (κ2) is 6.83. The fourth-order valence-electron chi connectivity index (χ4n) is 4.39. The van der Waals surface area contributed by atoms with Crippen LogP contribution in [0, 0.1) is 12.7 Å². The fraction of sp³-hybridized carbons (Fsp3) is 0.348. The number of aryl methyl sites for hydroxylation is 1. The lowest BCUT2D eigenvalue weighted by Gasteiger charge is -2.35. The van der Waals surface area contributed by atoms with Gasteiger partial charge in [0.2, 0.25) is 0 Å².